The summed E-state index contributed by atoms with van der Waals surface area (Å²) in [4.78, 5) is 2.11. The zero-order valence-corrected chi connectivity index (χ0v) is 13.3. The summed E-state index contributed by atoms with van der Waals surface area (Å²) in [5, 5.41) is 3.34. The summed E-state index contributed by atoms with van der Waals surface area (Å²) >= 11 is 0. The van der Waals surface area contributed by atoms with Crippen LogP contribution in [0.25, 0.3) is 5.57 Å². The van der Waals surface area contributed by atoms with E-state index in [1.54, 1.807) is 0 Å². The summed E-state index contributed by atoms with van der Waals surface area (Å²) in [7, 11) is 4.08. The molecule has 0 atom stereocenters. The van der Waals surface area contributed by atoms with Crippen LogP contribution in [0, 0.1) is 0 Å². The number of likely N-dealkylation sites (N-methyl/N-ethyl adjacent to an activating group) is 1. The molecule has 4 heteroatoms. The van der Waals surface area contributed by atoms with Crippen molar-refractivity contribution in [2.75, 3.05) is 46.9 Å². The average Bonchev–Trinajstić information content (AvgIpc) is 2.49. The van der Waals surface area contributed by atoms with E-state index in [4.69, 9.17) is 9.47 Å². The van der Waals surface area contributed by atoms with Crippen LogP contribution in [0.2, 0.25) is 0 Å². The van der Waals surface area contributed by atoms with Crippen molar-refractivity contribution < 1.29 is 9.47 Å². The van der Waals surface area contributed by atoms with Gasteiger partial charge in [-0.05, 0) is 57.3 Å². The highest BCUT2D eigenvalue weighted by Crippen LogP contribution is 2.32. The molecule has 0 aliphatic carbocycles. The van der Waals surface area contributed by atoms with Crippen molar-refractivity contribution in [2.24, 2.45) is 0 Å². The van der Waals surface area contributed by atoms with Crippen LogP contribution >= 0.6 is 0 Å². The Bertz CT molecular complexity index is 484. The van der Waals surface area contributed by atoms with E-state index in [2.05, 4.69) is 28.4 Å². The van der Waals surface area contributed by atoms with E-state index < -0.39 is 0 Å². The molecule has 0 radical (unpaired) electrons. The number of nitrogens with zero attached hydrogens (tertiary/aromatic N) is 1. The first-order valence-electron chi connectivity index (χ1n) is 7.65. The van der Waals surface area contributed by atoms with Crippen LogP contribution in [0.15, 0.2) is 24.3 Å². The van der Waals surface area contributed by atoms with E-state index in [1.165, 1.54) is 11.1 Å². The molecular formula is C17H26N2O2. The highest BCUT2D eigenvalue weighted by molar-refractivity contribution is 5.69. The summed E-state index contributed by atoms with van der Waals surface area (Å²) in [5.41, 5.74) is 2.62. The van der Waals surface area contributed by atoms with Gasteiger partial charge >= 0.3 is 0 Å². The molecule has 21 heavy (non-hydrogen) atoms. The lowest BCUT2D eigenvalue weighted by molar-refractivity contribution is 0.244. The predicted octanol–water partition coefficient (Wildman–Crippen LogP) is 2.40. The maximum Gasteiger partial charge on any atom is 0.161 e. The molecule has 116 valence electrons. The monoisotopic (exact) mass is 290 g/mol. The standard InChI is InChI=1S/C17H26N2O2/c1-4-20-17-13-15(14-7-9-18-10-8-14)5-6-16(17)21-12-11-19(2)3/h5-7,13,18H,4,8-12H2,1-3H3. The first kappa shape index (κ1) is 15.9. The second-order valence-corrected chi connectivity index (χ2v) is 5.43. The molecule has 0 saturated heterocycles. The fraction of sp³-hybridized carbons (Fsp3) is 0.529. The lowest BCUT2D eigenvalue weighted by atomic mass is 10.00. The Kier molecular flexibility index (Phi) is 6.08. The molecule has 0 amide bonds. The molecule has 0 bridgehead atoms. The Balaban J connectivity index is 2.12. The second kappa shape index (κ2) is 8.05. The largest absolute Gasteiger partial charge is 0.490 e. The molecular weight excluding hydrogens is 264 g/mol. The molecule has 0 aromatic heterocycles. The lowest BCUT2D eigenvalue weighted by Crippen LogP contribution is -2.20. The van der Waals surface area contributed by atoms with Crippen molar-refractivity contribution in [1.29, 1.82) is 0 Å². The van der Waals surface area contributed by atoms with E-state index in [0.29, 0.717) is 13.2 Å². The third-order valence-corrected chi connectivity index (χ3v) is 3.47. The third-order valence-electron chi connectivity index (χ3n) is 3.47. The van der Waals surface area contributed by atoms with Crippen LogP contribution in [0.4, 0.5) is 0 Å². The predicted molar refractivity (Wildman–Crippen MR) is 87.1 cm³/mol. The van der Waals surface area contributed by atoms with Gasteiger partial charge in [0.2, 0.25) is 0 Å². The van der Waals surface area contributed by atoms with Crippen molar-refractivity contribution in [1.82, 2.24) is 10.2 Å². The van der Waals surface area contributed by atoms with Gasteiger partial charge in [-0.2, -0.15) is 0 Å². The number of hydrogen-bond donors (Lipinski definition) is 1. The van der Waals surface area contributed by atoms with Gasteiger partial charge in [-0.1, -0.05) is 12.1 Å². The Morgan fingerprint density at radius 1 is 1.19 bits per heavy atom. The zero-order valence-electron chi connectivity index (χ0n) is 13.3. The van der Waals surface area contributed by atoms with Gasteiger partial charge in [0.25, 0.3) is 0 Å². The molecule has 1 aromatic carbocycles. The SMILES string of the molecule is CCOc1cc(C2=CCNCC2)ccc1OCCN(C)C. The van der Waals surface area contributed by atoms with Crippen molar-refractivity contribution >= 4 is 5.57 Å². The van der Waals surface area contributed by atoms with E-state index in [9.17, 15) is 0 Å². The van der Waals surface area contributed by atoms with Gasteiger partial charge in [0.15, 0.2) is 11.5 Å². The Morgan fingerprint density at radius 3 is 2.71 bits per heavy atom. The molecule has 0 fully saturated rings. The van der Waals surface area contributed by atoms with E-state index in [-0.39, 0.29) is 0 Å². The molecule has 0 unspecified atom stereocenters. The number of hydrogen-bond acceptors (Lipinski definition) is 4. The molecule has 0 spiro atoms. The molecule has 1 aromatic rings. The summed E-state index contributed by atoms with van der Waals surface area (Å²) in [5.74, 6) is 1.67. The first-order chi connectivity index (χ1) is 10.2. The molecule has 2 rings (SSSR count). The minimum Gasteiger partial charge on any atom is -0.490 e. The van der Waals surface area contributed by atoms with Crippen molar-refractivity contribution in [3.05, 3.63) is 29.8 Å². The topological polar surface area (TPSA) is 33.7 Å². The van der Waals surface area contributed by atoms with E-state index in [1.807, 2.05) is 27.1 Å². The summed E-state index contributed by atoms with van der Waals surface area (Å²) in [6.07, 6.45) is 3.31. The number of rotatable bonds is 7. The first-order valence-corrected chi connectivity index (χ1v) is 7.65. The molecule has 4 nitrogen and oxygen atoms in total. The summed E-state index contributed by atoms with van der Waals surface area (Å²) in [6.45, 7) is 6.19. The highest BCUT2D eigenvalue weighted by atomic mass is 16.5. The lowest BCUT2D eigenvalue weighted by Gasteiger charge is -2.18. The van der Waals surface area contributed by atoms with Crippen molar-refractivity contribution in [2.45, 2.75) is 13.3 Å². The van der Waals surface area contributed by atoms with Crippen LogP contribution in [0.5, 0.6) is 11.5 Å². The number of nitrogens with one attached hydrogen (secondary N) is 1. The highest BCUT2D eigenvalue weighted by Gasteiger charge is 2.11. The normalized spacial score (nSPS) is 15.0. The minimum absolute atomic E-state index is 0.647. The van der Waals surface area contributed by atoms with Crippen LogP contribution in [0.1, 0.15) is 18.9 Å². The van der Waals surface area contributed by atoms with Crippen LogP contribution in [-0.2, 0) is 0 Å². The summed E-state index contributed by atoms with van der Waals surface area (Å²) in [6, 6.07) is 6.26. The molecule has 1 N–H and O–H groups in total. The number of ether oxygens (including phenoxy) is 2. The fourth-order valence-corrected chi connectivity index (χ4v) is 2.32. The quantitative estimate of drug-likeness (QED) is 0.836. The van der Waals surface area contributed by atoms with E-state index in [0.717, 1.165) is 37.6 Å². The Morgan fingerprint density at radius 2 is 2.05 bits per heavy atom. The zero-order chi connectivity index (χ0) is 15.1. The number of benzene rings is 1. The average molecular weight is 290 g/mol. The molecule has 0 saturated carbocycles. The Labute approximate surface area is 127 Å². The maximum absolute atomic E-state index is 5.84. The smallest absolute Gasteiger partial charge is 0.161 e. The summed E-state index contributed by atoms with van der Waals surface area (Å²) < 4.78 is 11.6. The molecule has 1 aliphatic heterocycles. The van der Waals surface area contributed by atoms with Gasteiger partial charge in [0, 0.05) is 13.1 Å². The van der Waals surface area contributed by atoms with E-state index >= 15 is 0 Å². The maximum atomic E-state index is 5.84. The van der Waals surface area contributed by atoms with Crippen LogP contribution in [-0.4, -0.2) is 51.8 Å². The van der Waals surface area contributed by atoms with Crippen molar-refractivity contribution in [3.8, 4) is 11.5 Å². The molecule has 1 aliphatic rings. The van der Waals surface area contributed by atoms with Crippen LogP contribution < -0.4 is 14.8 Å². The third kappa shape index (κ3) is 4.76. The fourth-order valence-electron chi connectivity index (χ4n) is 2.32. The molecule has 1 heterocycles. The van der Waals surface area contributed by atoms with Crippen LogP contribution in [0.3, 0.4) is 0 Å². The minimum atomic E-state index is 0.647. The van der Waals surface area contributed by atoms with Gasteiger partial charge in [-0.3, -0.25) is 0 Å². The van der Waals surface area contributed by atoms with Gasteiger partial charge < -0.3 is 19.7 Å². The second-order valence-electron chi connectivity index (χ2n) is 5.43. The van der Waals surface area contributed by atoms with Gasteiger partial charge in [-0.15, -0.1) is 0 Å². The van der Waals surface area contributed by atoms with Gasteiger partial charge in [0.05, 0.1) is 6.61 Å². The Hall–Kier alpha value is -1.52. The van der Waals surface area contributed by atoms with Gasteiger partial charge in [-0.25, -0.2) is 0 Å². The van der Waals surface area contributed by atoms with Gasteiger partial charge in [0.1, 0.15) is 6.61 Å². The van der Waals surface area contributed by atoms with Crippen molar-refractivity contribution in [3.63, 3.8) is 0 Å².